The van der Waals surface area contributed by atoms with Gasteiger partial charge in [0.2, 0.25) is 0 Å². The van der Waals surface area contributed by atoms with Crippen LogP contribution in [0.25, 0.3) is 11.0 Å². The zero-order chi connectivity index (χ0) is 17.8. The predicted molar refractivity (Wildman–Crippen MR) is 94.1 cm³/mol. The number of carbonyl (C=O) groups excluding carboxylic acids is 1. The third-order valence-electron chi connectivity index (χ3n) is 3.84. The first-order valence-electron chi connectivity index (χ1n) is 7.93. The van der Waals surface area contributed by atoms with Crippen LogP contribution >= 0.6 is 0 Å². The Kier molecular flexibility index (Phi) is 4.83. The van der Waals surface area contributed by atoms with Gasteiger partial charge in [0.1, 0.15) is 18.1 Å². The summed E-state index contributed by atoms with van der Waals surface area (Å²) in [5.74, 6) is 1.31. The number of rotatable bonds is 6. The van der Waals surface area contributed by atoms with E-state index in [1.54, 1.807) is 18.0 Å². The van der Waals surface area contributed by atoms with Crippen molar-refractivity contribution >= 4 is 16.9 Å². The van der Waals surface area contributed by atoms with Crippen LogP contribution in [0.3, 0.4) is 0 Å². The van der Waals surface area contributed by atoms with Gasteiger partial charge in [0.15, 0.2) is 5.65 Å². The van der Waals surface area contributed by atoms with E-state index in [9.17, 15) is 4.79 Å². The normalized spacial score (nSPS) is 10.7. The number of nitrogens with one attached hydrogen (secondary N) is 1. The third kappa shape index (κ3) is 3.71. The number of methoxy groups -OCH3 is 1. The minimum Gasteiger partial charge on any atom is -0.497 e. The zero-order valence-corrected chi connectivity index (χ0v) is 14.4. The van der Waals surface area contributed by atoms with Gasteiger partial charge in [0.25, 0.3) is 5.91 Å². The van der Waals surface area contributed by atoms with Crippen LogP contribution in [-0.4, -0.2) is 40.9 Å². The summed E-state index contributed by atoms with van der Waals surface area (Å²) in [6.07, 6.45) is 1.56. The minimum absolute atomic E-state index is 0.184. The van der Waals surface area contributed by atoms with E-state index in [0.717, 1.165) is 28.2 Å². The van der Waals surface area contributed by atoms with E-state index in [1.165, 1.54) is 0 Å². The van der Waals surface area contributed by atoms with Gasteiger partial charge in [-0.15, -0.1) is 0 Å². The topological polar surface area (TPSA) is 78.3 Å². The van der Waals surface area contributed by atoms with Crippen LogP contribution in [0.1, 0.15) is 16.1 Å². The minimum atomic E-state index is -0.184. The molecule has 1 aromatic carbocycles. The van der Waals surface area contributed by atoms with Gasteiger partial charge < -0.3 is 14.8 Å². The highest BCUT2D eigenvalue weighted by Crippen LogP contribution is 2.17. The summed E-state index contributed by atoms with van der Waals surface area (Å²) >= 11 is 0. The fourth-order valence-corrected chi connectivity index (χ4v) is 2.54. The Hall–Kier alpha value is -3.09. The number of pyridine rings is 1. The van der Waals surface area contributed by atoms with Gasteiger partial charge in [0.05, 0.1) is 24.9 Å². The second kappa shape index (κ2) is 7.21. The van der Waals surface area contributed by atoms with Crippen molar-refractivity contribution in [1.82, 2.24) is 20.1 Å². The van der Waals surface area contributed by atoms with Gasteiger partial charge in [-0.1, -0.05) is 0 Å². The molecule has 25 heavy (non-hydrogen) atoms. The largest absolute Gasteiger partial charge is 0.497 e. The van der Waals surface area contributed by atoms with E-state index in [1.807, 2.05) is 44.3 Å². The highest BCUT2D eigenvalue weighted by molar-refractivity contribution is 5.97. The molecule has 7 heteroatoms. The van der Waals surface area contributed by atoms with Gasteiger partial charge in [-0.3, -0.25) is 9.48 Å². The summed E-state index contributed by atoms with van der Waals surface area (Å²) in [5.41, 5.74) is 2.12. The molecule has 0 unspecified atom stereocenters. The van der Waals surface area contributed by atoms with Crippen LogP contribution in [0.2, 0.25) is 0 Å². The van der Waals surface area contributed by atoms with Crippen molar-refractivity contribution in [2.45, 2.75) is 6.92 Å². The van der Waals surface area contributed by atoms with Crippen molar-refractivity contribution in [2.24, 2.45) is 7.05 Å². The molecule has 0 fully saturated rings. The molecule has 0 atom stereocenters. The lowest BCUT2D eigenvalue weighted by molar-refractivity contribution is 0.0947. The summed E-state index contributed by atoms with van der Waals surface area (Å²) in [4.78, 5) is 16.6. The first-order chi connectivity index (χ1) is 12.1. The summed E-state index contributed by atoms with van der Waals surface area (Å²) in [5, 5.41) is 8.01. The maximum Gasteiger partial charge on any atom is 0.252 e. The number of aryl methyl sites for hydroxylation is 2. The number of carbonyl (C=O) groups is 1. The van der Waals surface area contributed by atoms with E-state index in [2.05, 4.69) is 15.4 Å². The first-order valence-corrected chi connectivity index (χ1v) is 7.93. The Labute approximate surface area is 145 Å². The van der Waals surface area contributed by atoms with Crippen molar-refractivity contribution < 1.29 is 14.3 Å². The summed E-state index contributed by atoms with van der Waals surface area (Å²) < 4.78 is 12.4. The van der Waals surface area contributed by atoms with Crippen LogP contribution in [0.4, 0.5) is 0 Å². The van der Waals surface area contributed by atoms with Crippen LogP contribution in [0, 0.1) is 6.92 Å². The molecular formula is C18H20N4O3. The number of nitrogens with zero attached hydrogens (tertiary/aromatic N) is 3. The lowest BCUT2D eigenvalue weighted by atomic mass is 10.2. The lowest BCUT2D eigenvalue weighted by Crippen LogP contribution is -2.28. The summed E-state index contributed by atoms with van der Waals surface area (Å²) in [6, 6.07) is 9.10. The standard InChI is InChI=1S/C18H20N4O3/c1-12-16-10-13(11-20-17(16)22(2)21-12)18(23)19-8-9-25-15-6-4-14(24-3)5-7-15/h4-7,10-11H,8-9H2,1-3H3,(H,19,23). The molecular weight excluding hydrogens is 320 g/mol. The van der Waals surface area contributed by atoms with E-state index in [-0.39, 0.29) is 5.91 Å². The number of hydrogen-bond donors (Lipinski definition) is 1. The predicted octanol–water partition coefficient (Wildman–Crippen LogP) is 2.09. The second-order valence-electron chi connectivity index (χ2n) is 5.58. The Morgan fingerprint density at radius 2 is 1.96 bits per heavy atom. The molecule has 1 N–H and O–H groups in total. The van der Waals surface area contributed by atoms with E-state index < -0.39 is 0 Å². The summed E-state index contributed by atoms with van der Waals surface area (Å²) in [6.45, 7) is 2.67. The van der Waals surface area contributed by atoms with Crippen LogP contribution in [0.15, 0.2) is 36.5 Å². The molecule has 0 aliphatic carbocycles. The molecule has 0 saturated heterocycles. The van der Waals surface area contributed by atoms with E-state index in [4.69, 9.17) is 9.47 Å². The molecule has 3 rings (SSSR count). The van der Waals surface area contributed by atoms with Crippen LogP contribution in [-0.2, 0) is 7.05 Å². The maximum atomic E-state index is 12.3. The quantitative estimate of drug-likeness (QED) is 0.695. The molecule has 0 aliphatic rings. The van der Waals surface area contributed by atoms with Gasteiger partial charge in [-0.25, -0.2) is 4.98 Å². The van der Waals surface area contributed by atoms with E-state index in [0.29, 0.717) is 18.7 Å². The molecule has 0 aliphatic heterocycles. The van der Waals surface area contributed by atoms with Crippen molar-refractivity contribution in [1.29, 1.82) is 0 Å². The molecule has 1 amide bonds. The van der Waals surface area contributed by atoms with Crippen LogP contribution < -0.4 is 14.8 Å². The van der Waals surface area contributed by atoms with E-state index >= 15 is 0 Å². The Morgan fingerprint density at radius 3 is 2.68 bits per heavy atom. The number of fused-ring (bicyclic) bond motifs is 1. The maximum absolute atomic E-state index is 12.3. The zero-order valence-electron chi connectivity index (χ0n) is 14.4. The van der Waals surface area contributed by atoms with Gasteiger partial charge in [-0.2, -0.15) is 5.10 Å². The molecule has 0 saturated carbocycles. The summed E-state index contributed by atoms with van der Waals surface area (Å²) in [7, 11) is 3.45. The Bertz CT molecular complexity index is 887. The lowest BCUT2D eigenvalue weighted by Gasteiger charge is -2.08. The SMILES string of the molecule is COc1ccc(OCCNC(=O)c2cnc3c(c2)c(C)nn3C)cc1. The average Bonchev–Trinajstić information content (AvgIpc) is 2.92. The van der Waals surface area contributed by atoms with Crippen molar-refractivity contribution in [3.05, 3.63) is 47.8 Å². The first kappa shape index (κ1) is 16.8. The highest BCUT2D eigenvalue weighted by Gasteiger charge is 2.11. The number of ether oxygens (including phenoxy) is 2. The molecule has 0 bridgehead atoms. The molecule has 2 aromatic heterocycles. The van der Waals surface area contributed by atoms with Crippen molar-refractivity contribution in [3.8, 4) is 11.5 Å². The number of hydrogen-bond acceptors (Lipinski definition) is 5. The Balaban J connectivity index is 1.54. The highest BCUT2D eigenvalue weighted by atomic mass is 16.5. The molecule has 3 aromatic rings. The fraction of sp³-hybridized carbons (Fsp3) is 0.278. The Morgan fingerprint density at radius 1 is 1.24 bits per heavy atom. The molecule has 7 nitrogen and oxygen atoms in total. The average molecular weight is 340 g/mol. The number of amides is 1. The number of benzene rings is 1. The fourth-order valence-electron chi connectivity index (χ4n) is 2.54. The van der Waals surface area contributed by atoms with Gasteiger partial charge >= 0.3 is 0 Å². The monoisotopic (exact) mass is 340 g/mol. The third-order valence-corrected chi connectivity index (χ3v) is 3.84. The molecule has 2 heterocycles. The van der Waals surface area contributed by atoms with Gasteiger partial charge in [-0.05, 0) is 37.3 Å². The molecule has 0 spiro atoms. The molecule has 130 valence electrons. The second-order valence-corrected chi connectivity index (χ2v) is 5.58. The van der Waals surface area contributed by atoms with Gasteiger partial charge in [0, 0.05) is 18.6 Å². The van der Waals surface area contributed by atoms with Crippen molar-refractivity contribution in [2.75, 3.05) is 20.3 Å². The molecule has 0 radical (unpaired) electrons. The number of aromatic nitrogens is 3. The van der Waals surface area contributed by atoms with Crippen molar-refractivity contribution in [3.63, 3.8) is 0 Å². The smallest absolute Gasteiger partial charge is 0.252 e. The van der Waals surface area contributed by atoms with Crippen LogP contribution in [0.5, 0.6) is 11.5 Å².